The van der Waals surface area contributed by atoms with Crippen LogP contribution in [-0.4, -0.2) is 88.7 Å². The van der Waals surface area contributed by atoms with Crippen molar-refractivity contribution in [2.24, 2.45) is 0 Å². The Morgan fingerprint density at radius 2 is 1.73 bits per heavy atom. The van der Waals surface area contributed by atoms with Gasteiger partial charge in [-0.1, -0.05) is 74.6 Å². The van der Waals surface area contributed by atoms with Crippen LogP contribution in [0.4, 0.5) is 0 Å². The van der Waals surface area contributed by atoms with Crippen LogP contribution in [0.3, 0.4) is 0 Å². The Kier molecular flexibility index (Phi) is 27.7. The number of amides is 3. The van der Waals surface area contributed by atoms with Crippen LogP contribution >= 0.6 is 0 Å². The summed E-state index contributed by atoms with van der Waals surface area (Å²) in [6, 6.07) is 11.1. The lowest BCUT2D eigenvalue weighted by Gasteiger charge is -2.22. The van der Waals surface area contributed by atoms with Gasteiger partial charge in [0.15, 0.2) is 5.69 Å². The van der Waals surface area contributed by atoms with Crippen LogP contribution in [0.25, 0.3) is 0 Å². The van der Waals surface area contributed by atoms with E-state index in [9.17, 15) is 14.4 Å². The van der Waals surface area contributed by atoms with Crippen molar-refractivity contribution < 1.29 is 29.3 Å². The Morgan fingerprint density at radius 1 is 1.06 bits per heavy atom. The third-order valence-electron chi connectivity index (χ3n) is 7.54. The number of carbonyl (C=O) groups is 3. The molecular weight excluding hydrogens is 648 g/mol. The Balaban J connectivity index is 0.00000162. The molecule has 1 aromatic heterocycles. The van der Waals surface area contributed by atoms with E-state index in [-0.39, 0.29) is 55.1 Å². The number of ether oxygens (including phenoxy) is 1. The minimum absolute atomic E-state index is 0.103. The maximum Gasteiger partial charge on any atom is 0.271 e. The molecule has 1 saturated carbocycles. The first-order chi connectivity index (χ1) is 24.7. The van der Waals surface area contributed by atoms with Gasteiger partial charge in [0.25, 0.3) is 11.8 Å². The van der Waals surface area contributed by atoms with Gasteiger partial charge in [0.1, 0.15) is 19.0 Å². The zero-order valence-corrected chi connectivity index (χ0v) is 31.4. The summed E-state index contributed by atoms with van der Waals surface area (Å²) in [5.41, 5.74) is 1.28. The quantitative estimate of drug-likeness (QED) is 0.0679. The zero-order valence-electron chi connectivity index (χ0n) is 31.4. The second-order valence-corrected chi connectivity index (χ2v) is 11.8. The van der Waals surface area contributed by atoms with Gasteiger partial charge >= 0.3 is 0 Å². The molecule has 12 nitrogen and oxygen atoms in total. The Morgan fingerprint density at radius 3 is 2.31 bits per heavy atom. The van der Waals surface area contributed by atoms with Crippen LogP contribution in [0, 0.1) is 12.8 Å². The van der Waals surface area contributed by atoms with E-state index in [0.717, 1.165) is 56.9 Å². The second kappa shape index (κ2) is 30.4. The van der Waals surface area contributed by atoms with E-state index in [4.69, 9.17) is 14.9 Å². The predicted octanol–water partition coefficient (Wildman–Crippen LogP) is 4.79. The second-order valence-electron chi connectivity index (χ2n) is 11.8. The van der Waals surface area contributed by atoms with Crippen LogP contribution in [0.5, 0.6) is 0 Å². The predicted molar refractivity (Wildman–Crippen MR) is 204 cm³/mol. The number of nitrogens with one attached hydrogen (secondary N) is 3. The van der Waals surface area contributed by atoms with Gasteiger partial charge in [0, 0.05) is 45.6 Å². The van der Waals surface area contributed by atoms with Crippen LogP contribution in [0.15, 0.2) is 60.8 Å². The summed E-state index contributed by atoms with van der Waals surface area (Å²) in [5.74, 6) is -0.945. The van der Waals surface area contributed by atoms with Crippen LogP contribution < -0.4 is 16.0 Å². The molecule has 3 amide bonds. The molecule has 0 spiro atoms. The van der Waals surface area contributed by atoms with E-state index < -0.39 is 5.91 Å². The number of aromatic nitrogens is 2. The first-order valence-electron chi connectivity index (χ1n) is 17.8. The number of rotatable bonds is 17. The molecule has 0 aliphatic heterocycles. The molecule has 2 aromatic rings. The van der Waals surface area contributed by atoms with Crippen molar-refractivity contribution in [2.45, 2.75) is 104 Å². The highest BCUT2D eigenvalue weighted by molar-refractivity contribution is 5.98. The lowest BCUT2D eigenvalue weighted by atomic mass is 9.95. The fourth-order valence-electron chi connectivity index (χ4n) is 4.90. The molecule has 0 bridgehead atoms. The number of carbonyl (C=O) groups excluding carboxylic acids is 3. The van der Waals surface area contributed by atoms with Crippen LogP contribution in [-0.2, 0) is 22.7 Å². The van der Waals surface area contributed by atoms with Crippen molar-refractivity contribution in [3.8, 4) is 12.8 Å². The van der Waals surface area contributed by atoms with Crippen molar-refractivity contribution in [3.63, 3.8) is 0 Å². The van der Waals surface area contributed by atoms with Gasteiger partial charge in [-0.05, 0) is 58.1 Å². The van der Waals surface area contributed by atoms with E-state index >= 15 is 0 Å². The van der Waals surface area contributed by atoms with Crippen molar-refractivity contribution in [2.75, 3.05) is 34.0 Å². The van der Waals surface area contributed by atoms with Gasteiger partial charge in [-0.3, -0.25) is 14.4 Å². The smallest absolute Gasteiger partial charge is 0.271 e. The summed E-state index contributed by atoms with van der Waals surface area (Å²) in [5, 5.41) is 28.8. The maximum absolute atomic E-state index is 12.9. The first-order valence-corrected chi connectivity index (χ1v) is 17.8. The molecule has 1 aliphatic carbocycles. The normalized spacial score (nSPS) is 13.0. The number of terminal acetylenes is 1. The summed E-state index contributed by atoms with van der Waals surface area (Å²) < 4.78 is 7.19. The Labute approximate surface area is 305 Å². The molecule has 1 aromatic carbocycles. The van der Waals surface area contributed by atoms with E-state index in [2.05, 4.69) is 40.8 Å². The summed E-state index contributed by atoms with van der Waals surface area (Å²) in [4.78, 5) is 39.6. The van der Waals surface area contributed by atoms with E-state index in [1.807, 2.05) is 73.6 Å². The lowest BCUT2D eigenvalue weighted by molar-refractivity contribution is -0.122. The Bertz CT molecular complexity index is 1290. The largest absolute Gasteiger partial charge is 0.397 e. The molecule has 284 valence electrons. The summed E-state index contributed by atoms with van der Waals surface area (Å²) >= 11 is 0. The molecule has 3 rings (SSSR count). The van der Waals surface area contributed by atoms with Gasteiger partial charge in [0.05, 0.1) is 12.7 Å². The molecule has 1 aliphatic rings. The fraction of sp³-hybridized carbons (Fsp3) is 0.538. The monoisotopic (exact) mass is 710 g/mol. The number of allylic oxidation sites excluding steroid dienone is 3. The van der Waals surface area contributed by atoms with Crippen LogP contribution in [0.2, 0.25) is 0 Å². The third-order valence-corrected chi connectivity index (χ3v) is 7.54. The molecule has 1 heterocycles. The van der Waals surface area contributed by atoms with Crippen LogP contribution in [0.1, 0.15) is 105 Å². The highest BCUT2D eigenvalue weighted by Crippen LogP contribution is 2.17. The molecule has 1 unspecified atom stereocenters. The number of nitrogens with zero attached hydrogens (tertiary/aromatic N) is 3. The Hall–Kier alpha value is -4.44. The molecule has 5 N–H and O–H groups in total. The third kappa shape index (κ3) is 22.1. The van der Waals surface area contributed by atoms with Gasteiger partial charge in [-0.15, -0.1) is 12.8 Å². The molecule has 12 heteroatoms. The standard InChI is InChI=1S/C28H46N6O4.C7H8O.C2H6O.C2H2/c1-5-6-13-18-33(4)21-38-22(2)14-9-8-12-17-30-28(37)25-19-24(27(36)29-3)32-34(25)20-26(35)31-23-15-10-7-11-16-23;8-6-7-4-2-1-3-5-7;1-2-3;1-2/h5-6,13,18-19,22-23H,7-12,14-17,20-21H2,1-4H3,(H,29,36)(H,30,37)(H,31,35);1-5,8H,6H2;3H,2H2,1H3;1-2H/b6-5-,18-13-;;;. The van der Waals surface area contributed by atoms with Crippen molar-refractivity contribution in [1.82, 2.24) is 30.6 Å². The average molecular weight is 711 g/mol. The summed E-state index contributed by atoms with van der Waals surface area (Å²) in [6.45, 7) is 7.05. The SMILES string of the molecule is C#C.C/C=C\C=C/N(C)COC(C)CCCCCNC(=O)c1cc(C(=O)NC)nn1CC(=O)NC1CCCCC1.CCO.OCc1ccccc1. The molecule has 51 heavy (non-hydrogen) atoms. The zero-order chi connectivity index (χ0) is 38.3. The van der Waals surface area contributed by atoms with E-state index in [1.165, 1.54) is 24.2 Å². The van der Waals surface area contributed by atoms with Crippen molar-refractivity contribution >= 4 is 17.7 Å². The first kappa shape index (κ1) is 46.6. The number of hydrogen-bond donors (Lipinski definition) is 5. The number of aliphatic hydroxyl groups is 2. The molecular formula is C39H62N6O6. The highest BCUT2D eigenvalue weighted by Gasteiger charge is 2.22. The van der Waals surface area contributed by atoms with Crippen molar-refractivity contribution in [3.05, 3.63) is 77.8 Å². The van der Waals surface area contributed by atoms with E-state index in [1.54, 1.807) is 6.92 Å². The highest BCUT2D eigenvalue weighted by atomic mass is 16.5. The van der Waals surface area contributed by atoms with Gasteiger partial charge in [-0.25, -0.2) is 4.68 Å². The number of benzene rings is 1. The molecule has 1 atom stereocenters. The lowest BCUT2D eigenvalue weighted by Crippen LogP contribution is -2.39. The topological polar surface area (TPSA) is 158 Å². The molecule has 0 saturated heterocycles. The minimum Gasteiger partial charge on any atom is -0.397 e. The number of hydrogen-bond acceptors (Lipinski definition) is 8. The van der Waals surface area contributed by atoms with Gasteiger partial charge < -0.3 is 35.8 Å². The molecule has 1 fully saturated rings. The number of aliphatic hydroxyl groups excluding tert-OH is 2. The minimum atomic E-state index is -0.401. The summed E-state index contributed by atoms with van der Waals surface area (Å²) in [6.07, 6.45) is 25.1. The summed E-state index contributed by atoms with van der Waals surface area (Å²) in [7, 11) is 3.48. The van der Waals surface area contributed by atoms with Gasteiger partial charge in [-0.2, -0.15) is 5.10 Å². The van der Waals surface area contributed by atoms with E-state index in [0.29, 0.717) is 13.3 Å². The average Bonchev–Trinajstić information content (AvgIpc) is 3.57. The van der Waals surface area contributed by atoms with Gasteiger partial charge in [0.2, 0.25) is 5.91 Å². The number of unbranched alkanes of at least 4 members (excludes halogenated alkanes) is 2. The molecule has 0 radical (unpaired) electrons. The van der Waals surface area contributed by atoms with Crippen molar-refractivity contribution in [1.29, 1.82) is 0 Å². The fourth-order valence-corrected chi connectivity index (χ4v) is 4.90. The maximum atomic E-state index is 12.9.